The van der Waals surface area contributed by atoms with Crippen LogP contribution in [0.3, 0.4) is 0 Å². The SMILES string of the molecule is O=C(c1ccn(C2CCCNC2)n1)N1CCn2c(nnc2-c2ccccc2)C1. The predicted molar refractivity (Wildman–Crippen MR) is 104 cm³/mol. The Kier molecular flexibility index (Phi) is 4.40. The molecule has 1 fully saturated rings. The van der Waals surface area contributed by atoms with Gasteiger partial charge in [0.25, 0.3) is 5.91 Å². The van der Waals surface area contributed by atoms with Crippen molar-refractivity contribution in [1.29, 1.82) is 0 Å². The fourth-order valence-corrected chi connectivity index (χ4v) is 4.01. The number of nitrogens with one attached hydrogen (secondary N) is 1. The van der Waals surface area contributed by atoms with Gasteiger partial charge in [-0.3, -0.25) is 9.48 Å². The van der Waals surface area contributed by atoms with E-state index >= 15 is 0 Å². The van der Waals surface area contributed by atoms with Crippen LogP contribution in [0.25, 0.3) is 11.4 Å². The standard InChI is InChI=1S/C20H23N7O/c28-20(17-8-10-27(24-17)16-7-4-9-21-13-16)25-11-12-26-18(14-25)22-23-19(26)15-5-2-1-3-6-15/h1-3,5-6,8,10,16,21H,4,7,9,11-14H2. The molecular weight excluding hydrogens is 354 g/mol. The molecule has 0 bridgehead atoms. The fourth-order valence-electron chi connectivity index (χ4n) is 4.01. The van der Waals surface area contributed by atoms with Crippen LogP contribution in [0, 0.1) is 0 Å². The summed E-state index contributed by atoms with van der Waals surface area (Å²) in [4.78, 5) is 14.8. The van der Waals surface area contributed by atoms with Gasteiger partial charge in [0.05, 0.1) is 12.6 Å². The number of aromatic nitrogens is 5. The first kappa shape index (κ1) is 17.1. The average Bonchev–Trinajstić information content (AvgIpc) is 3.41. The van der Waals surface area contributed by atoms with Gasteiger partial charge in [-0.15, -0.1) is 10.2 Å². The van der Waals surface area contributed by atoms with E-state index in [1.807, 2.05) is 52.2 Å². The summed E-state index contributed by atoms with van der Waals surface area (Å²) in [6, 6.07) is 12.2. The summed E-state index contributed by atoms with van der Waals surface area (Å²) in [7, 11) is 0. The second-order valence-corrected chi connectivity index (χ2v) is 7.37. The zero-order chi connectivity index (χ0) is 18.9. The molecule has 1 aromatic carbocycles. The topological polar surface area (TPSA) is 80.9 Å². The first-order valence-electron chi connectivity index (χ1n) is 9.82. The number of carbonyl (C=O) groups excluding carboxylic acids is 1. The summed E-state index contributed by atoms with van der Waals surface area (Å²) in [6.07, 6.45) is 4.15. The summed E-state index contributed by atoms with van der Waals surface area (Å²) in [5, 5.41) is 16.6. The lowest BCUT2D eigenvalue weighted by atomic mass is 10.1. The Morgan fingerprint density at radius 3 is 2.82 bits per heavy atom. The maximum absolute atomic E-state index is 13.0. The normalized spacial score (nSPS) is 19.4. The monoisotopic (exact) mass is 377 g/mol. The van der Waals surface area contributed by atoms with Gasteiger partial charge in [-0.25, -0.2) is 0 Å². The minimum Gasteiger partial charge on any atom is -0.328 e. The molecule has 3 aromatic rings. The van der Waals surface area contributed by atoms with Gasteiger partial charge in [-0.05, 0) is 25.5 Å². The van der Waals surface area contributed by atoms with E-state index in [1.165, 1.54) is 0 Å². The second kappa shape index (κ2) is 7.20. The van der Waals surface area contributed by atoms with E-state index in [0.29, 0.717) is 31.4 Å². The van der Waals surface area contributed by atoms with E-state index < -0.39 is 0 Å². The molecule has 1 N–H and O–H groups in total. The summed E-state index contributed by atoms with van der Waals surface area (Å²) in [5.41, 5.74) is 1.54. The third-order valence-electron chi connectivity index (χ3n) is 5.54. The predicted octanol–water partition coefficient (Wildman–Crippen LogP) is 1.72. The number of hydrogen-bond acceptors (Lipinski definition) is 5. The van der Waals surface area contributed by atoms with E-state index in [4.69, 9.17) is 0 Å². The molecule has 5 rings (SSSR count). The summed E-state index contributed by atoms with van der Waals surface area (Å²) in [5.74, 6) is 1.63. The highest BCUT2D eigenvalue weighted by atomic mass is 16.2. The van der Waals surface area contributed by atoms with Crippen LogP contribution in [-0.2, 0) is 13.1 Å². The Balaban J connectivity index is 1.32. The van der Waals surface area contributed by atoms with Gasteiger partial charge >= 0.3 is 0 Å². The largest absolute Gasteiger partial charge is 0.328 e. The minimum atomic E-state index is -0.0435. The molecule has 2 aliphatic heterocycles. The molecule has 1 saturated heterocycles. The molecule has 0 radical (unpaired) electrons. The zero-order valence-corrected chi connectivity index (χ0v) is 15.7. The van der Waals surface area contributed by atoms with Crippen molar-refractivity contribution in [3.05, 3.63) is 54.1 Å². The van der Waals surface area contributed by atoms with Crippen molar-refractivity contribution >= 4 is 5.91 Å². The van der Waals surface area contributed by atoms with E-state index in [0.717, 1.165) is 43.1 Å². The molecule has 8 nitrogen and oxygen atoms in total. The smallest absolute Gasteiger partial charge is 0.274 e. The molecule has 4 heterocycles. The number of rotatable bonds is 3. The van der Waals surface area contributed by atoms with Crippen molar-refractivity contribution < 1.29 is 4.79 Å². The van der Waals surface area contributed by atoms with Crippen LogP contribution in [0.15, 0.2) is 42.6 Å². The number of piperidine rings is 1. The van der Waals surface area contributed by atoms with Crippen LogP contribution < -0.4 is 5.32 Å². The third kappa shape index (κ3) is 3.09. The lowest BCUT2D eigenvalue weighted by molar-refractivity contribution is 0.0700. The highest BCUT2D eigenvalue weighted by Crippen LogP contribution is 2.22. The highest BCUT2D eigenvalue weighted by Gasteiger charge is 2.27. The van der Waals surface area contributed by atoms with Crippen LogP contribution >= 0.6 is 0 Å². The van der Waals surface area contributed by atoms with Crippen molar-refractivity contribution in [1.82, 2.24) is 34.8 Å². The molecular formula is C20H23N7O. The molecule has 144 valence electrons. The number of amides is 1. The summed E-state index contributed by atoms with van der Waals surface area (Å²) >= 11 is 0. The maximum Gasteiger partial charge on any atom is 0.274 e. The Morgan fingerprint density at radius 1 is 1.11 bits per heavy atom. The van der Waals surface area contributed by atoms with Crippen LogP contribution in [0.4, 0.5) is 0 Å². The Hall–Kier alpha value is -3.00. The zero-order valence-electron chi connectivity index (χ0n) is 15.7. The van der Waals surface area contributed by atoms with Gasteiger partial charge in [0.2, 0.25) is 0 Å². The van der Waals surface area contributed by atoms with Crippen LogP contribution in [0.2, 0.25) is 0 Å². The van der Waals surface area contributed by atoms with Crippen LogP contribution in [0.1, 0.15) is 35.2 Å². The van der Waals surface area contributed by atoms with E-state index in [9.17, 15) is 4.79 Å². The Labute approximate surface area is 163 Å². The van der Waals surface area contributed by atoms with Crippen LogP contribution in [0.5, 0.6) is 0 Å². The van der Waals surface area contributed by atoms with Gasteiger partial charge in [-0.1, -0.05) is 30.3 Å². The molecule has 28 heavy (non-hydrogen) atoms. The van der Waals surface area contributed by atoms with E-state index in [-0.39, 0.29) is 5.91 Å². The molecule has 0 aliphatic carbocycles. The van der Waals surface area contributed by atoms with Gasteiger partial charge in [0.15, 0.2) is 11.6 Å². The molecule has 2 aromatic heterocycles. The lowest BCUT2D eigenvalue weighted by Gasteiger charge is -2.27. The Bertz CT molecular complexity index is 972. The van der Waals surface area contributed by atoms with Gasteiger partial charge < -0.3 is 14.8 Å². The van der Waals surface area contributed by atoms with Crippen molar-refractivity contribution in [2.24, 2.45) is 0 Å². The van der Waals surface area contributed by atoms with E-state index in [1.54, 1.807) is 0 Å². The Morgan fingerprint density at radius 2 is 2.00 bits per heavy atom. The van der Waals surface area contributed by atoms with Crippen molar-refractivity contribution in [3.63, 3.8) is 0 Å². The highest BCUT2D eigenvalue weighted by molar-refractivity contribution is 5.92. The van der Waals surface area contributed by atoms with Crippen LogP contribution in [-0.4, -0.2) is 55.0 Å². The molecule has 1 unspecified atom stereocenters. The molecule has 0 saturated carbocycles. The minimum absolute atomic E-state index is 0.0435. The number of benzene rings is 1. The van der Waals surface area contributed by atoms with Gasteiger partial charge in [0, 0.05) is 31.4 Å². The van der Waals surface area contributed by atoms with Crippen molar-refractivity contribution in [3.8, 4) is 11.4 Å². The van der Waals surface area contributed by atoms with E-state index in [2.05, 4.69) is 25.2 Å². The van der Waals surface area contributed by atoms with Crippen molar-refractivity contribution in [2.45, 2.75) is 32.0 Å². The number of carbonyl (C=O) groups is 1. The van der Waals surface area contributed by atoms with Crippen molar-refractivity contribution in [2.75, 3.05) is 19.6 Å². The van der Waals surface area contributed by atoms with Gasteiger partial charge in [0.1, 0.15) is 5.69 Å². The number of nitrogens with zero attached hydrogens (tertiary/aromatic N) is 6. The first-order valence-corrected chi connectivity index (χ1v) is 9.82. The first-order chi connectivity index (χ1) is 13.8. The fraction of sp³-hybridized carbons (Fsp3) is 0.400. The quantitative estimate of drug-likeness (QED) is 0.752. The number of hydrogen-bond donors (Lipinski definition) is 1. The molecule has 2 aliphatic rings. The summed E-state index contributed by atoms with van der Waals surface area (Å²) < 4.78 is 4.03. The maximum atomic E-state index is 13.0. The molecule has 1 atom stereocenters. The van der Waals surface area contributed by atoms with Gasteiger partial charge in [-0.2, -0.15) is 5.10 Å². The lowest BCUT2D eigenvalue weighted by Crippen LogP contribution is -2.39. The molecule has 1 amide bonds. The second-order valence-electron chi connectivity index (χ2n) is 7.37. The molecule has 8 heteroatoms. The number of fused-ring (bicyclic) bond motifs is 1. The third-order valence-corrected chi connectivity index (χ3v) is 5.54. The molecule has 0 spiro atoms. The summed E-state index contributed by atoms with van der Waals surface area (Å²) in [6.45, 7) is 3.73. The average molecular weight is 377 g/mol.